The lowest BCUT2D eigenvalue weighted by Gasteiger charge is -2.10. The lowest BCUT2D eigenvalue weighted by molar-refractivity contribution is -0.111. The molecule has 6 nitrogen and oxygen atoms in total. The van der Waals surface area contributed by atoms with Crippen molar-refractivity contribution in [2.45, 2.75) is 47.2 Å². The van der Waals surface area contributed by atoms with Crippen molar-refractivity contribution in [2.75, 3.05) is 5.32 Å². The average Bonchev–Trinajstić information content (AvgIpc) is 3.20. The minimum atomic E-state index is -0.188. The van der Waals surface area contributed by atoms with Gasteiger partial charge in [-0.25, -0.2) is 4.68 Å². The molecule has 1 amide bonds. The number of carbonyl (C=O) groups excluding carboxylic acids is 1. The molecule has 0 aliphatic heterocycles. The van der Waals surface area contributed by atoms with Gasteiger partial charge >= 0.3 is 0 Å². The summed E-state index contributed by atoms with van der Waals surface area (Å²) in [6.45, 7) is 10.8. The van der Waals surface area contributed by atoms with E-state index in [1.54, 1.807) is 23.0 Å². The van der Waals surface area contributed by atoms with E-state index in [-0.39, 0.29) is 11.9 Å². The third-order valence-corrected chi connectivity index (χ3v) is 4.70. The fraction of sp³-hybridized carbons (Fsp3) is 0.318. The predicted octanol–water partition coefficient (Wildman–Crippen LogP) is 4.29. The van der Waals surface area contributed by atoms with Gasteiger partial charge in [-0.05, 0) is 46.3 Å². The summed E-state index contributed by atoms with van der Waals surface area (Å²) in [5.74, 6) is 0.501. The van der Waals surface area contributed by atoms with E-state index in [1.807, 2.05) is 38.5 Å². The second kappa shape index (κ2) is 8.25. The van der Waals surface area contributed by atoms with E-state index in [0.29, 0.717) is 12.4 Å². The van der Waals surface area contributed by atoms with Crippen molar-refractivity contribution in [3.63, 3.8) is 0 Å². The molecule has 0 fully saturated rings. The van der Waals surface area contributed by atoms with Crippen molar-refractivity contribution in [2.24, 2.45) is 0 Å². The molecule has 0 saturated carbocycles. The van der Waals surface area contributed by atoms with Gasteiger partial charge in [0.1, 0.15) is 5.82 Å². The van der Waals surface area contributed by atoms with Gasteiger partial charge in [0.05, 0.1) is 18.4 Å². The number of carbonyl (C=O) groups is 1. The minimum absolute atomic E-state index is 0.179. The highest BCUT2D eigenvalue weighted by atomic mass is 16.1. The van der Waals surface area contributed by atoms with Gasteiger partial charge < -0.3 is 5.32 Å². The summed E-state index contributed by atoms with van der Waals surface area (Å²) in [5.41, 5.74) is 5.35. The SMILES string of the molecule is Cc1ccc(Cn2nc(C)c(C=CC(=O)Nc3ccnn3C(C)C)c2C)cc1. The number of amides is 1. The number of nitrogens with one attached hydrogen (secondary N) is 1. The van der Waals surface area contributed by atoms with Gasteiger partial charge in [-0.15, -0.1) is 0 Å². The molecule has 0 unspecified atom stereocenters. The van der Waals surface area contributed by atoms with Gasteiger partial charge in [-0.2, -0.15) is 10.2 Å². The molecule has 1 N–H and O–H groups in total. The molecule has 2 heterocycles. The first-order valence-corrected chi connectivity index (χ1v) is 9.47. The summed E-state index contributed by atoms with van der Waals surface area (Å²) in [4.78, 5) is 12.3. The largest absolute Gasteiger partial charge is 0.307 e. The molecule has 146 valence electrons. The summed E-state index contributed by atoms with van der Waals surface area (Å²) in [6.07, 6.45) is 5.06. The van der Waals surface area contributed by atoms with E-state index in [1.165, 1.54) is 11.1 Å². The molecule has 0 aliphatic carbocycles. The van der Waals surface area contributed by atoms with E-state index in [2.05, 4.69) is 46.7 Å². The van der Waals surface area contributed by atoms with Gasteiger partial charge in [0, 0.05) is 29.4 Å². The fourth-order valence-electron chi connectivity index (χ4n) is 3.12. The molecular formula is C22H27N5O. The zero-order chi connectivity index (χ0) is 20.3. The Morgan fingerprint density at radius 1 is 1.14 bits per heavy atom. The van der Waals surface area contributed by atoms with E-state index >= 15 is 0 Å². The van der Waals surface area contributed by atoms with Crippen LogP contribution in [0.3, 0.4) is 0 Å². The van der Waals surface area contributed by atoms with Crippen molar-refractivity contribution < 1.29 is 4.79 Å². The molecular weight excluding hydrogens is 350 g/mol. The van der Waals surface area contributed by atoms with Crippen LogP contribution in [0.25, 0.3) is 6.08 Å². The Morgan fingerprint density at radius 2 is 1.86 bits per heavy atom. The summed E-state index contributed by atoms with van der Waals surface area (Å²) < 4.78 is 3.76. The Hall–Kier alpha value is -3.15. The van der Waals surface area contributed by atoms with Crippen molar-refractivity contribution in [1.29, 1.82) is 0 Å². The second-order valence-electron chi connectivity index (χ2n) is 7.31. The van der Waals surface area contributed by atoms with E-state index in [0.717, 1.165) is 17.0 Å². The molecule has 0 atom stereocenters. The summed E-state index contributed by atoms with van der Waals surface area (Å²) in [5, 5.41) is 11.7. The molecule has 0 aliphatic rings. The number of aryl methyl sites for hydroxylation is 2. The third kappa shape index (κ3) is 4.39. The maximum absolute atomic E-state index is 12.3. The van der Waals surface area contributed by atoms with Gasteiger partial charge in [-0.1, -0.05) is 29.8 Å². The summed E-state index contributed by atoms with van der Waals surface area (Å²) in [6, 6.07) is 10.4. The lowest BCUT2D eigenvalue weighted by Crippen LogP contribution is -2.14. The highest BCUT2D eigenvalue weighted by Gasteiger charge is 2.11. The van der Waals surface area contributed by atoms with Crippen LogP contribution in [-0.4, -0.2) is 25.5 Å². The maximum atomic E-state index is 12.3. The minimum Gasteiger partial charge on any atom is -0.307 e. The Bertz CT molecular complexity index is 993. The summed E-state index contributed by atoms with van der Waals surface area (Å²) >= 11 is 0. The van der Waals surface area contributed by atoms with Crippen LogP contribution < -0.4 is 5.32 Å². The molecule has 0 spiro atoms. The highest BCUT2D eigenvalue weighted by Crippen LogP contribution is 2.17. The molecule has 0 bridgehead atoms. The van der Waals surface area contributed by atoms with Crippen LogP contribution in [0, 0.1) is 20.8 Å². The first kappa shape index (κ1) is 19.6. The van der Waals surface area contributed by atoms with Crippen LogP contribution in [-0.2, 0) is 11.3 Å². The van der Waals surface area contributed by atoms with Gasteiger partial charge in [0.2, 0.25) is 5.91 Å². The second-order valence-corrected chi connectivity index (χ2v) is 7.31. The first-order valence-electron chi connectivity index (χ1n) is 9.47. The van der Waals surface area contributed by atoms with Crippen molar-refractivity contribution in [3.05, 3.63) is 70.7 Å². The van der Waals surface area contributed by atoms with Crippen LogP contribution in [0.2, 0.25) is 0 Å². The molecule has 28 heavy (non-hydrogen) atoms. The molecule has 1 aromatic carbocycles. The van der Waals surface area contributed by atoms with Crippen LogP contribution in [0.1, 0.15) is 48.0 Å². The zero-order valence-corrected chi connectivity index (χ0v) is 17.1. The number of hydrogen-bond acceptors (Lipinski definition) is 3. The van der Waals surface area contributed by atoms with E-state index < -0.39 is 0 Å². The zero-order valence-electron chi connectivity index (χ0n) is 17.1. The molecule has 3 aromatic rings. The number of nitrogens with zero attached hydrogens (tertiary/aromatic N) is 4. The Balaban J connectivity index is 1.73. The third-order valence-electron chi connectivity index (χ3n) is 4.70. The number of aromatic nitrogens is 4. The molecule has 0 radical (unpaired) electrons. The molecule has 0 saturated heterocycles. The smallest absolute Gasteiger partial charge is 0.249 e. The Labute approximate surface area is 165 Å². The Kier molecular flexibility index (Phi) is 5.78. The molecule has 3 rings (SSSR count). The van der Waals surface area contributed by atoms with Crippen molar-refractivity contribution >= 4 is 17.8 Å². The number of hydrogen-bond donors (Lipinski definition) is 1. The quantitative estimate of drug-likeness (QED) is 0.652. The van der Waals surface area contributed by atoms with Crippen molar-refractivity contribution in [1.82, 2.24) is 19.6 Å². The van der Waals surface area contributed by atoms with Gasteiger partial charge in [-0.3, -0.25) is 9.48 Å². The van der Waals surface area contributed by atoms with Gasteiger partial charge in [0.25, 0.3) is 0 Å². The van der Waals surface area contributed by atoms with E-state index in [9.17, 15) is 4.79 Å². The number of anilines is 1. The topological polar surface area (TPSA) is 64.7 Å². The maximum Gasteiger partial charge on any atom is 0.249 e. The Morgan fingerprint density at radius 3 is 2.54 bits per heavy atom. The predicted molar refractivity (Wildman–Crippen MR) is 112 cm³/mol. The van der Waals surface area contributed by atoms with Crippen LogP contribution in [0.5, 0.6) is 0 Å². The first-order chi connectivity index (χ1) is 13.3. The highest BCUT2D eigenvalue weighted by molar-refractivity contribution is 6.01. The number of rotatable bonds is 6. The fourth-order valence-corrected chi connectivity index (χ4v) is 3.12. The van der Waals surface area contributed by atoms with Crippen molar-refractivity contribution in [3.8, 4) is 0 Å². The molecule has 2 aromatic heterocycles. The summed E-state index contributed by atoms with van der Waals surface area (Å²) in [7, 11) is 0. The van der Waals surface area contributed by atoms with E-state index in [4.69, 9.17) is 0 Å². The number of benzene rings is 1. The normalized spacial score (nSPS) is 11.5. The molecule has 6 heteroatoms. The van der Waals surface area contributed by atoms with Crippen LogP contribution in [0.4, 0.5) is 5.82 Å². The monoisotopic (exact) mass is 377 g/mol. The average molecular weight is 377 g/mol. The van der Waals surface area contributed by atoms with Crippen LogP contribution in [0.15, 0.2) is 42.6 Å². The van der Waals surface area contributed by atoms with Crippen LogP contribution >= 0.6 is 0 Å². The standard InChI is InChI=1S/C22H27N5O/c1-15(2)27-21(12-13-23-27)24-22(28)11-10-20-17(4)25-26(18(20)5)14-19-8-6-16(3)7-9-19/h6-13,15H,14H2,1-5H3,(H,24,28). The van der Waals surface area contributed by atoms with Gasteiger partial charge in [0.15, 0.2) is 0 Å². The lowest BCUT2D eigenvalue weighted by atomic mass is 10.1.